The van der Waals surface area contributed by atoms with E-state index in [1.807, 2.05) is 18.0 Å². The predicted molar refractivity (Wildman–Crippen MR) is 82.7 cm³/mol. The Bertz CT molecular complexity index is 409. The van der Waals surface area contributed by atoms with Gasteiger partial charge < -0.3 is 15.3 Å². The van der Waals surface area contributed by atoms with E-state index in [0.29, 0.717) is 18.7 Å². The molecular formula is C16H27FN2O. The van der Waals surface area contributed by atoms with Crippen molar-refractivity contribution in [2.24, 2.45) is 0 Å². The van der Waals surface area contributed by atoms with Crippen LogP contribution in [0.3, 0.4) is 0 Å². The van der Waals surface area contributed by atoms with Gasteiger partial charge in [0.15, 0.2) is 0 Å². The summed E-state index contributed by atoms with van der Waals surface area (Å²) in [6, 6.07) is 5.31. The fourth-order valence-electron chi connectivity index (χ4n) is 2.25. The van der Waals surface area contributed by atoms with Crippen LogP contribution in [0.25, 0.3) is 0 Å². The number of para-hydroxylation sites is 1. The summed E-state index contributed by atoms with van der Waals surface area (Å²) in [5.74, 6) is -0.208. The maximum Gasteiger partial charge on any atom is 0.146 e. The number of anilines is 1. The van der Waals surface area contributed by atoms with E-state index in [1.54, 1.807) is 13.0 Å². The molecule has 0 saturated heterocycles. The van der Waals surface area contributed by atoms with Gasteiger partial charge in [0.05, 0.1) is 11.8 Å². The van der Waals surface area contributed by atoms with E-state index in [0.717, 1.165) is 18.5 Å². The van der Waals surface area contributed by atoms with Crippen molar-refractivity contribution < 1.29 is 9.50 Å². The Morgan fingerprint density at radius 1 is 1.35 bits per heavy atom. The number of nitrogens with zero attached hydrogens (tertiary/aromatic N) is 1. The molecule has 0 aliphatic carbocycles. The number of benzene rings is 1. The molecule has 0 bridgehead atoms. The van der Waals surface area contributed by atoms with Crippen LogP contribution in [0.2, 0.25) is 0 Å². The zero-order valence-electron chi connectivity index (χ0n) is 13.0. The second-order valence-corrected chi connectivity index (χ2v) is 5.41. The lowest BCUT2D eigenvalue weighted by atomic mass is 10.0. The smallest absolute Gasteiger partial charge is 0.146 e. The number of nitrogens with one attached hydrogen (secondary N) is 1. The molecule has 0 fully saturated rings. The Morgan fingerprint density at radius 3 is 2.65 bits per heavy atom. The van der Waals surface area contributed by atoms with Crippen molar-refractivity contribution >= 4 is 5.69 Å². The molecule has 0 saturated carbocycles. The van der Waals surface area contributed by atoms with E-state index in [2.05, 4.69) is 19.2 Å². The highest BCUT2D eigenvalue weighted by atomic mass is 19.1. The van der Waals surface area contributed by atoms with Gasteiger partial charge in [-0.3, -0.25) is 0 Å². The van der Waals surface area contributed by atoms with E-state index < -0.39 is 0 Å². The van der Waals surface area contributed by atoms with E-state index in [1.165, 1.54) is 6.07 Å². The summed E-state index contributed by atoms with van der Waals surface area (Å²) in [4.78, 5) is 1.89. The molecule has 1 aromatic rings. The van der Waals surface area contributed by atoms with Gasteiger partial charge in [0.1, 0.15) is 5.82 Å². The molecule has 1 aromatic carbocycles. The first-order chi connectivity index (χ1) is 9.47. The van der Waals surface area contributed by atoms with Crippen LogP contribution in [0, 0.1) is 5.82 Å². The third-order valence-electron chi connectivity index (χ3n) is 3.45. The summed E-state index contributed by atoms with van der Waals surface area (Å²) >= 11 is 0. The molecule has 114 valence electrons. The molecule has 20 heavy (non-hydrogen) atoms. The quantitative estimate of drug-likeness (QED) is 0.769. The van der Waals surface area contributed by atoms with Crippen LogP contribution >= 0.6 is 0 Å². The highest BCUT2D eigenvalue weighted by Crippen LogP contribution is 2.28. The average Bonchev–Trinajstić information content (AvgIpc) is 2.41. The molecule has 4 heteroatoms. The van der Waals surface area contributed by atoms with Gasteiger partial charge in [0, 0.05) is 19.6 Å². The second-order valence-electron chi connectivity index (χ2n) is 5.41. The van der Waals surface area contributed by atoms with E-state index >= 15 is 0 Å². The third-order valence-corrected chi connectivity index (χ3v) is 3.45. The topological polar surface area (TPSA) is 35.5 Å². The number of aliphatic hydroxyl groups excluding tert-OH is 1. The molecule has 0 heterocycles. The van der Waals surface area contributed by atoms with Gasteiger partial charge in [0.25, 0.3) is 0 Å². The van der Waals surface area contributed by atoms with Crippen molar-refractivity contribution in [2.75, 3.05) is 25.0 Å². The monoisotopic (exact) mass is 282 g/mol. The summed E-state index contributed by atoms with van der Waals surface area (Å²) in [5, 5.41) is 12.8. The van der Waals surface area contributed by atoms with Crippen LogP contribution in [-0.2, 0) is 0 Å². The summed E-state index contributed by atoms with van der Waals surface area (Å²) < 4.78 is 14.2. The van der Waals surface area contributed by atoms with E-state index in [-0.39, 0.29) is 18.0 Å². The molecule has 2 atom stereocenters. The molecule has 2 unspecified atom stereocenters. The van der Waals surface area contributed by atoms with Crippen LogP contribution in [0.15, 0.2) is 18.2 Å². The Kier molecular flexibility index (Phi) is 6.96. The fraction of sp³-hybridized carbons (Fsp3) is 0.625. The Morgan fingerprint density at radius 2 is 2.05 bits per heavy atom. The lowest BCUT2D eigenvalue weighted by Gasteiger charge is -2.26. The molecule has 2 N–H and O–H groups in total. The van der Waals surface area contributed by atoms with Crippen molar-refractivity contribution in [3.05, 3.63) is 29.6 Å². The molecule has 0 amide bonds. The zero-order valence-corrected chi connectivity index (χ0v) is 13.0. The van der Waals surface area contributed by atoms with Crippen LogP contribution in [0.5, 0.6) is 0 Å². The maximum absolute atomic E-state index is 14.2. The number of halogens is 1. The van der Waals surface area contributed by atoms with Crippen molar-refractivity contribution in [3.63, 3.8) is 0 Å². The number of hydrogen-bond acceptors (Lipinski definition) is 3. The minimum Gasteiger partial charge on any atom is -0.393 e. The number of aliphatic hydroxyl groups is 1. The predicted octanol–water partition coefficient (Wildman–Crippen LogP) is 3.09. The molecule has 0 aliphatic rings. The van der Waals surface area contributed by atoms with Crippen molar-refractivity contribution in [1.29, 1.82) is 0 Å². The minimum atomic E-state index is -0.372. The number of hydrogen-bond donors (Lipinski definition) is 2. The molecule has 3 nitrogen and oxygen atoms in total. The van der Waals surface area contributed by atoms with Crippen molar-refractivity contribution in [2.45, 2.75) is 45.8 Å². The first kappa shape index (κ1) is 16.9. The molecule has 0 aliphatic heterocycles. The van der Waals surface area contributed by atoms with Gasteiger partial charge in [0.2, 0.25) is 0 Å². The summed E-state index contributed by atoms with van der Waals surface area (Å²) in [6.07, 6.45) is 1.30. The standard InChI is InChI=1S/C16H27FN2O/c1-5-10-18-13(3)14-7-6-8-15(17)16(14)19(4)11-9-12(2)20/h6-8,12-13,18,20H,5,9-11H2,1-4H3. The largest absolute Gasteiger partial charge is 0.393 e. The normalized spacial score (nSPS) is 14.1. The Hall–Kier alpha value is -1.13. The summed E-state index contributed by atoms with van der Waals surface area (Å²) in [6.45, 7) is 7.46. The SMILES string of the molecule is CCCNC(C)c1cccc(F)c1N(C)CCC(C)O. The van der Waals surface area contributed by atoms with Gasteiger partial charge in [-0.2, -0.15) is 0 Å². The first-order valence-electron chi connectivity index (χ1n) is 7.38. The third kappa shape index (κ3) is 4.76. The lowest BCUT2D eigenvalue weighted by molar-refractivity contribution is 0.186. The van der Waals surface area contributed by atoms with Crippen molar-refractivity contribution in [3.8, 4) is 0 Å². The van der Waals surface area contributed by atoms with Crippen LogP contribution in [0.4, 0.5) is 10.1 Å². The lowest BCUT2D eigenvalue weighted by Crippen LogP contribution is -2.27. The molecule has 0 aromatic heterocycles. The maximum atomic E-state index is 14.2. The van der Waals surface area contributed by atoms with Crippen LogP contribution in [-0.4, -0.2) is 31.3 Å². The van der Waals surface area contributed by atoms with Crippen molar-refractivity contribution in [1.82, 2.24) is 5.32 Å². The van der Waals surface area contributed by atoms with Gasteiger partial charge in [-0.05, 0) is 44.9 Å². The zero-order chi connectivity index (χ0) is 15.1. The molecular weight excluding hydrogens is 255 g/mol. The summed E-state index contributed by atoms with van der Waals surface area (Å²) in [7, 11) is 1.87. The highest BCUT2D eigenvalue weighted by Gasteiger charge is 2.17. The molecule has 1 rings (SSSR count). The van der Waals surface area contributed by atoms with E-state index in [9.17, 15) is 9.50 Å². The van der Waals surface area contributed by atoms with Gasteiger partial charge >= 0.3 is 0 Å². The second kappa shape index (κ2) is 8.22. The molecule has 0 spiro atoms. The van der Waals surface area contributed by atoms with Gasteiger partial charge in [-0.1, -0.05) is 19.1 Å². The Balaban J connectivity index is 2.92. The van der Waals surface area contributed by atoms with Crippen LogP contribution in [0.1, 0.15) is 45.2 Å². The average molecular weight is 282 g/mol. The fourth-order valence-corrected chi connectivity index (χ4v) is 2.25. The first-order valence-corrected chi connectivity index (χ1v) is 7.38. The van der Waals surface area contributed by atoms with Crippen LogP contribution < -0.4 is 10.2 Å². The highest BCUT2D eigenvalue weighted by molar-refractivity contribution is 5.55. The Labute approximate surface area is 121 Å². The number of rotatable bonds is 8. The van der Waals surface area contributed by atoms with Gasteiger partial charge in [-0.15, -0.1) is 0 Å². The molecule has 0 radical (unpaired) electrons. The van der Waals surface area contributed by atoms with Gasteiger partial charge in [-0.25, -0.2) is 4.39 Å². The van der Waals surface area contributed by atoms with E-state index in [4.69, 9.17) is 0 Å². The summed E-state index contributed by atoms with van der Waals surface area (Å²) in [5.41, 5.74) is 1.59. The minimum absolute atomic E-state index is 0.106.